The van der Waals surface area contributed by atoms with Crippen molar-refractivity contribution in [3.63, 3.8) is 0 Å². The molecule has 0 radical (unpaired) electrons. The summed E-state index contributed by atoms with van der Waals surface area (Å²) in [5.41, 5.74) is 1.11. The van der Waals surface area contributed by atoms with Crippen LogP contribution in [-0.4, -0.2) is 5.16 Å². The number of hydrogen-bond donors (Lipinski definition) is 0. The van der Waals surface area contributed by atoms with Crippen molar-refractivity contribution in [3.8, 4) is 11.1 Å². The van der Waals surface area contributed by atoms with Gasteiger partial charge in [-0.15, -0.1) is 0 Å². The van der Waals surface area contributed by atoms with E-state index in [4.69, 9.17) is 11.4 Å². The lowest BCUT2D eigenvalue weighted by Gasteiger charge is -2.11. The molecule has 2 nitrogen and oxygen atoms in total. The molecule has 0 spiro atoms. The topological polar surface area (TPSA) is 26.0 Å². The van der Waals surface area contributed by atoms with Crippen LogP contribution in [0.1, 0.15) is 31.0 Å². The third-order valence-corrected chi connectivity index (χ3v) is 3.16. The Morgan fingerprint density at radius 1 is 1.20 bits per heavy atom. The van der Waals surface area contributed by atoms with Gasteiger partial charge >= 0.3 is 0 Å². The minimum Gasteiger partial charge on any atom is -0.364 e. The van der Waals surface area contributed by atoms with E-state index in [1.165, 1.54) is 18.4 Å². The standard InChI is InChI=1S/C17H14FNO/c1-12(17-9-10-20-19-17)14-7-8-15(16(18)11-14)13-5-3-2-4-6-13/h2-12H,1H3/i2D,3D,4D,5D,6D. The van der Waals surface area contributed by atoms with Gasteiger partial charge in [0.15, 0.2) is 0 Å². The largest absolute Gasteiger partial charge is 0.364 e. The van der Waals surface area contributed by atoms with Crippen LogP contribution in [0.5, 0.6) is 0 Å². The molecule has 0 saturated heterocycles. The SMILES string of the molecule is [2H]c1c([2H])c([2H])c(-c2ccc(C(C)c3ccon3)cc2F)c([2H])c1[2H]. The molecule has 1 atom stereocenters. The van der Waals surface area contributed by atoms with E-state index < -0.39 is 36.0 Å². The molecular formula is C17H14FNO. The summed E-state index contributed by atoms with van der Waals surface area (Å²) in [4.78, 5) is 0. The van der Waals surface area contributed by atoms with Crippen molar-refractivity contribution >= 4 is 0 Å². The summed E-state index contributed by atoms with van der Waals surface area (Å²) >= 11 is 0. The van der Waals surface area contributed by atoms with Gasteiger partial charge in [0.1, 0.15) is 12.1 Å². The highest BCUT2D eigenvalue weighted by Gasteiger charge is 2.14. The molecule has 0 fully saturated rings. The maximum atomic E-state index is 14.7. The number of aromatic nitrogens is 1. The maximum absolute atomic E-state index is 14.7. The molecule has 20 heavy (non-hydrogen) atoms. The molecule has 0 bridgehead atoms. The molecule has 2 aromatic carbocycles. The summed E-state index contributed by atoms with van der Waals surface area (Å²) in [5, 5.41) is 3.84. The van der Waals surface area contributed by atoms with E-state index in [2.05, 4.69) is 5.16 Å². The fourth-order valence-electron chi connectivity index (χ4n) is 2.00. The Bertz CT molecular complexity index is 914. The minimum atomic E-state index is -0.661. The fourth-order valence-corrected chi connectivity index (χ4v) is 2.00. The van der Waals surface area contributed by atoms with Gasteiger partial charge in [-0.1, -0.05) is 54.4 Å². The van der Waals surface area contributed by atoms with Gasteiger partial charge < -0.3 is 4.52 Å². The fraction of sp³-hybridized carbons (Fsp3) is 0.118. The lowest BCUT2D eigenvalue weighted by Crippen LogP contribution is -1.97. The number of hydrogen-bond acceptors (Lipinski definition) is 2. The van der Waals surface area contributed by atoms with Crippen LogP contribution in [0.4, 0.5) is 4.39 Å². The van der Waals surface area contributed by atoms with Crippen molar-refractivity contribution in [1.82, 2.24) is 5.16 Å². The van der Waals surface area contributed by atoms with Gasteiger partial charge in [0.05, 0.1) is 12.5 Å². The van der Waals surface area contributed by atoms with E-state index in [0.29, 0.717) is 11.3 Å². The summed E-state index contributed by atoms with van der Waals surface area (Å²) < 4.78 is 58.4. The van der Waals surface area contributed by atoms with Crippen LogP contribution < -0.4 is 0 Å². The average molecular weight is 272 g/mol. The van der Waals surface area contributed by atoms with Gasteiger partial charge in [0.25, 0.3) is 0 Å². The van der Waals surface area contributed by atoms with Crippen molar-refractivity contribution in [1.29, 1.82) is 0 Å². The normalized spacial score (nSPS) is 15.8. The van der Waals surface area contributed by atoms with Gasteiger partial charge in [-0.2, -0.15) is 0 Å². The third-order valence-electron chi connectivity index (χ3n) is 3.16. The first kappa shape index (κ1) is 8.00. The molecule has 0 saturated carbocycles. The second kappa shape index (κ2) is 5.29. The van der Waals surface area contributed by atoms with Gasteiger partial charge in [0.2, 0.25) is 0 Å². The Balaban J connectivity index is 2.12. The average Bonchev–Trinajstić information content (AvgIpc) is 3.13. The molecule has 1 aromatic heterocycles. The quantitative estimate of drug-likeness (QED) is 0.694. The molecule has 1 heterocycles. The van der Waals surface area contributed by atoms with Crippen LogP contribution in [0.25, 0.3) is 11.1 Å². The third kappa shape index (κ3) is 2.35. The predicted octanol–water partition coefficient (Wildman–Crippen LogP) is 4.63. The number of rotatable bonds is 3. The molecular weight excluding hydrogens is 253 g/mol. The van der Waals surface area contributed by atoms with Crippen LogP contribution in [0.3, 0.4) is 0 Å². The zero-order valence-electron chi connectivity index (χ0n) is 15.7. The van der Waals surface area contributed by atoms with Crippen molar-refractivity contribution in [2.45, 2.75) is 12.8 Å². The molecule has 0 aliphatic rings. The highest BCUT2D eigenvalue weighted by molar-refractivity contribution is 5.64. The minimum absolute atomic E-state index is 0.0342. The van der Waals surface area contributed by atoms with Gasteiger partial charge in [-0.3, -0.25) is 0 Å². The Labute approximate surface area is 123 Å². The van der Waals surface area contributed by atoms with Crippen molar-refractivity contribution in [2.75, 3.05) is 0 Å². The van der Waals surface area contributed by atoms with Gasteiger partial charge in [0, 0.05) is 17.5 Å². The molecule has 0 aliphatic heterocycles. The second-order valence-electron chi connectivity index (χ2n) is 4.39. The highest BCUT2D eigenvalue weighted by atomic mass is 19.1. The monoisotopic (exact) mass is 272 g/mol. The van der Waals surface area contributed by atoms with Gasteiger partial charge in [-0.25, -0.2) is 4.39 Å². The lowest BCUT2D eigenvalue weighted by atomic mass is 9.95. The first-order chi connectivity index (χ1) is 11.8. The van der Waals surface area contributed by atoms with E-state index >= 15 is 0 Å². The second-order valence-corrected chi connectivity index (χ2v) is 4.39. The summed E-state index contributed by atoms with van der Waals surface area (Å²) in [6.07, 6.45) is 1.43. The van der Waals surface area contributed by atoms with Crippen LogP contribution in [0, 0.1) is 5.82 Å². The van der Waals surface area contributed by atoms with E-state index in [0.717, 1.165) is 0 Å². The zero-order valence-corrected chi connectivity index (χ0v) is 10.7. The molecule has 0 N–H and O–H groups in total. The Hall–Kier alpha value is -2.42. The van der Waals surface area contributed by atoms with Crippen LogP contribution in [0.15, 0.2) is 65.3 Å². The van der Waals surface area contributed by atoms with Gasteiger partial charge in [-0.05, 0) is 17.2 Å². The van der Waals surface area contributed by atoms with Crippen LogP contribution >= 0.6 is 0 Å². The number of nitrogens with zero attached hydrogens (tertiary/aromatic N) is 1. The zero-order chi connectivity index (χ0) is 18.3. The summed E-state index contributed by atoms with van der Waals surface area (Å²) in [6, 6.07) is 3.71. The Morgan fingerprint density at radius 2 is 2.00 bits per heavy atom. The van der Waals surface area contributed by atoms with E-state index in [1.54, 1.807) is 12.1 Å². The Kier molecular flexibility index (Phi) is 2.12. The molecule has 3 rings (SSSR count). The van der Waals surface area contributed by atoms with Crippen LogP contribution in [0.2, 0.25) is 0 Å². The van der Waals surface area contributed by atoms with Crippen LogP contribution in [-0.2, 0) is 0 Å². The maximum Gasteiger partial charge on any atom is 0.131 e. The summed E-state index contributed by atoms with van der Waals surface area (Å²) in [5.74, 6) is -0.867. The molecule has 1 unspecified atom stereocenters. The molecule has 3 heteroatoms. The number of benzene rings is 2. The first-order valence-corrected chi connectivity index (χ1v) is 6.10. The van der Waals surface area contributed by atoms with Crippen molar-refractivity contribution in [3.05, 3.63) is 77.8 Å². The van der Waals surface area contributed by atoms with E-state index in [9.17, 15) is 4.39 Å². The summed E-state index contributed by atoms with van der Waals surface area (Å²) in [7, 11) is 0. The smallest absolute Gasteiger partial charge is 0.131 e. The summed E-state index contributed by atoms with van der Waals surface area (Å²) in [6.45, 7) is 1.84. The number of halogens is 1. The lowest BCUT2D eigenvalue weighted by molar-refractivity contribution is 0.409. The van der Waals surface area contributed by atoms with E-state index in [-0.39, 0.29) is 17.0 Å². The predicted molar refractivity (Wildman–Crippen MR) is 75.9 cm³/mol. The van der Waals surface area contributed by atoms with E-state index in [1.807, 2.05) is 6.92 Å². The molecule has 0 aliphatic carbocycles. The van der Waals surface area contributed by atoms with Crippen molar-refractivity contribution in [2.24, 2.45) is 0 Å². The van der Waals surface area contributed by atoms with Crippen molar-refractivity contribution < 1.29 is 15.8 Å². The molecule has 100 valence electrons. The highest BCUT2D eigenvalue weighted by Crippen LogP contribution is 2.28. The molecule has 0 amide bonds. The molecule has 3 aromatic rings. The Morgan fingerprint density at radius 3 is 2.65 bits per heavy atom. The first-order valence-electron chi connectivity index (χ1n) is 8.60.